The monoisotopic (exact) mass is 407 g/mol. The number of sulfonamides is 1. The first-order valence-electron chi connectivity index (χ1n) is 10.6. The fraction of sp³-hybridized carbons (Fsp3) is 0.667. The lowest BCUT2D eigenvalue weighted by atomic mass is 10.00. The minimum Gasteiger partial charge on any atom is -0.312 e. The lowest BCUT2D eigenvalue weighted by Gasteiger charge is -2.35. The van der Waals surface area contributed by atoms with Crippen molar-refractivity contribution in [2.24, 2.45) is 0 Å². The molecule has 1 unspecified atom stereocenters. The van der Waals surface area contributed by atoms with E-state index in [4.69, 9.17) is 0 Å². The Bertz CT molecular complexity index is 794. The Morgan fingerprint density at radius 3 is 2.79 bits per heavy atom. The molecule has 7 heteroatoms. The molecule has 2 aliphatic heterocycles. The predicted molar refractivity (Wildman–Crippen MR) is 112 cm³/mol. The minimum absolute atomic E-state index is 0.0792. The molecule has 1 amide bonds. The maximum atomic E-state index is 12.7. The molecule has 1 aromatic carbocycles. The number of nitrogens with one attached hydrogen (secondary N) is 1. The van der Waals surface area contributed by atoms with Crippen molar-refractivity contribution in [3.8, 4) is 0 Å². The average molecular weight is 408 g/mol. The molecule has 2 aliphatic rings. The zero-order valence-electron chi connectivity index (χ0n) is 17.1. The molecule has 1 atom stereocenters. The predicted octanol–water partition coefficient (Wildman–Crippen LogP) is 2.92. The first-order chi connectivity index (χ1) is 13.5. The van der Waals surface area contributed by atoms with Gasteiger partial charge in [-0.1, -0.05) is 20.3 Å². The highest BCUT2D eigenvalue weighted by atomic mass is 32.2. The fourth-order valence-electron chi connectivity index (χ4n) is 4.38. The van der Waals surface area contributed by atoms with Gasteiger partial charge in [-0.2, -0.15) is 0 Å². The molecule has 0 aliphatic carbocycles. The second kappa shape index (κ2) is 9.37. The average Bonchev–Trinajstić information content (AvgIpc) is 3.14. The van der Waals surface area contributed by atoms with Crippen LogP contribution in [0.15, 0.2) is 23.1 Å². The number of nitrogens with zero attached hydrogens (tertiary/aromatic N) is 2. The molecule has 0 radical (unpaired) electrons. The number of anilines is 1. The van der Waals surface area contributed by atoms with Gasteiger partial charge in [-0.15, -0.1) is 0 Å². The number of benzene rings is 1. The maximum Gasteiger partial charge on any atom is 0.240 e. The van der Waals surface area contributed by atoms with Crippen LogP contribution in [0.5, 0.6) is 0 Å². The number of hydrogen-bond acceptors (Lipinski definition) is 4. The molecular formula is C21H33N3O3S. The molecule has 1 saturated heterocycles. The second-order valence-electron chi connectivity index (χ2n) is 7.78. The van der Waals surface area contributed by atoms with E-state index in [0.29, 0.717) is 36.9 Å². The lowest BCUT2D eigenvalue weighted by molar-refractivity contribution is -0.118. The van der Waals surface area contributed by atoms with Crippen LogP contribution in [0.25, 0.3) is 0 Å². The van der Waals surface area contributed by atoms with E-state index in [2.05, 4.69) is 16.5 Å². The molecule has 3 rings (SSSR count). The molecule has 1 fully saturated rings. The minimum atomic E-state index is -3.52. The number of hydrogen-bond donors (Lipinski definition) is 1. The molecule has 0 aromatic heterocycles. The third-order valence-electron chi connectivity index (χ3n) is 5.99. The van der Waals surface area contributed by atoms with Gasteiger partial charge in [0.15, 0.2) is 0 Å². The SMILES string of the molecule is CCC(=O)N1CCc2cc(S(=O)(=O)NCCCN3CCCCC3CC)ccc21. The highest BCUT2D eigenvalue weighted by Crippen LogP contribution is 2.30. The van der Waals surface area contributed by atoms with Crippen LogP contribution in [0.4, 0.5) is 5.69 Å². The lowest BCUT2D eigenvalue weighted by Crippen LogP contribution is -2.40. The molecule has 0 saturated carbocycles. The molecule has 1 N–H and O–H groups in total. The van der Waals surface area contributed by atoms with Crippen molar-refractivity contribution < 1.29 is 13.2 Å². The summed E-state index contributed by atoms with van der Waals surface area (Å²) >= 11 is 0. The van der Waals surface area contributed by atoms with E-state index < -0.39 is 10.0 Å². The van der Waals surface area contributed by atoms with Gasteiger partial charge >= 0.3 is 0 Å². The van der Waals surface area contributed by atoms with Crippen LogP contribution < -0.4 is 9.62 Å². The van der Waals surface area contributed by atoms with Crippen LogP contribution in [0.1, 0.15) is 57.9 Å². The highest BCUT2D eigenvalue weighted by molar-refractivity contribution is 7.89. The zero-order chi connectivity index (χ0) is 20.1. The topological polar surface area (TPSA) is 69.7 Å². The summed E-state index contributed by atoms with van der Waals surface area (Å²) in [5, 5.41) is 0. The smallest absolute Gasteiger partial charge is 0.240 e. The number of amides is 1. The number of likely N-dealkylation sites (tertiary alicyclic amines) is 1. The Morgan fingerprint density at radius 1 is 1.21 bits per heavy atom. The number of rotatable bonds is 8. The third kappa shape index (κ3) is 4.75. The van der Waals surface area contributed by atoms with Gasteiger partial charge in [-0.3, -0.25) is 4.79 Å². The number of piperidine rings is 1. The number of fused-ring (bicyclic) bond motifs is 1. The van der Waals surface area contributed by atoms with Gasteiger partial charge in [0.05, 0.1) is 4.90 Å². The van der Waals surface area contributed by atoms with E-state index in [1.165, 1.54) is 25.7 Å². The Balaban J connectivity index is 1.56. The van der Waals surface area contributed by atoms with Gasteiger partial charge < -0.3 is 9.80 Å². The van der Waals surface area contributed by atoms with Crippen LogP contribution in [-0.2, 0) is 21.2 Å². The van der Waals surface area contributed by atoms with Gasteiger partial charge in [0.1, 0.15) is 0 Å². The second-order valence-corrected chi connectivity index (χ2v) is 9.55. The summed E-state index contributed by atoms with van der Waals surface area (Å²) in [7, 11) is -3.52. The molecule has 1 aromatic rings. The Hall–Kier alpha value is -1.44. The van der Waals surface area contributed by atoms with Crippen LogP contribution in [-0.4, -0.2) is 51.4 Å². The number of carbonyl (C=O) groups is 1. The van der Waals surface area contributed by atoms with E-state index in [0.717, 1.165) is 30.8 Å². The molecule has 2 heterocycles. The van der Waals surface area contributed by atoms with Crippen molar-refractivity contribution in [2.75, 3.05) is 31.1 Å². The van der Waals surface area contributed by atoms with E-state index in [-0.39, 0.29) is 5.91 Å². The van der Waals surface area contributed by atoms with Crippen molar-refractivity contribution >= 4 is 21.6 Å². The van der Waals surface area contributed by atoms with Crippen LogP contribution >= 0.6 is 0 Å². The summed E-state index contributed by atoms with van der Waals surface area (Å²) in [5.74, 6) is 0.0792. The van der Waals surface area contributed by atoms with Crippen LogP contribution in [0.3, 0.4) is 0 Å². The normalized spacial score (nSPS) is 20.4. The van der Waals surface area contributed by atoms with E-state index in [1.54, 1.807) is 23.1 Å². The fourth-order valence-corrected chi connectivity index (χ4v) is 5.51. The van der Waals surface area contributed by atoms with E-state index in [9.17, 15) is 13.2 Å². The molecule has 28 heavy (non-hydrogen) atoms. The Labute approximate surface area is 169 Å². The van der Waals surface area contributed by atoms with Gasteiger partial charge in [-0.25, -0.2) is 13.1 Å². The summed E-state index contributed by atoms with van der Waals surface area (Å²) < 4.78 is 28.1. The zero-order valence-corrected chi connectivity index (χ0v) is 17.9. The molecule has 0 bridgehead atoms. The first kappa shape index (κ1) is 21.3. The van der Waals surface area contributed by atoms with E-state index >= 15 is 0 Å². The maximum absolute atomic E-state index is 12.7. The Morgan fingerprint density at radius 2 is 2.04 bits per heavy atom. The van der Waals surface area contributed by atoms with Crippen molar-refractivity contribution in [2.45, 2.75) is 69.7 Å². The molecule has 6 nitrogen and oxygen atoms in total. The molecular weight excluding hydrogens is 374 g/mol. The standard InChI is InChI=1S/C21H33N3O3S/c1-3-18-8-5-6-13-23(18)14-7-12-22-28(26,27)19-9-10-20-17(16-19)11-15-24(20)21(25)4-2/h9-10,16,18,22H,3-8,11-15H2,1-2H3. The first-order valence-corrected chi connectivity index (χ1v) is 12.1. The Kier molecular flexibility index (Phi) is 7.12. The van der Waals surface area contributed by atoms with Gasteiger partial charge in [0, 0.05) is 31.2 Å². The summed E-state index contributed by atoms with van der Waals surface area (Å²) in [4.78, 5) is 16.6. The van der Waals surface area contributed by atoms with Gasteiger partial charge in [-0.05, 0) is 69.0 Å². The summed E-state index contributed by atoms with van der Waals surface area (Å²) in [5.41, 5.74) is 1.78. The number of carbonyl (C=O) groups excluding carboxylic acids is 1. The third-order valence-corrected chi connectivity index (χ3v) is 7.45. The van der Waals surface area contributed by atoms with Crippen molar-refractivity contribution in [3.05, 3.63) is 23.8 Å². The quantitative estimate of drug-likeness (QED) is 0.673. The van der Waals surface area contributed by atoms with Crippen LogP contribution in [0.2, 0.25) is 0 Å². The van der Waals surface area contributed by atoms with Gasteiger partial charge in [0.25, 0.3) is 0 Å². The molecule has 0 spiro atoms. The summed E-state index contributed by atoms with van der Waals surface area (Å²) in [6.45, 7) is 7.23. The van der Waals surface area contributed by atoms with Crippen molar-refractivity contribution in [1.82, 2.24) is 9.62 Å². The van der Waals surface area contributed by atoms with Crippen molar-refractivity contribution in [3.63, 3.8) is 0 Å². The highest BCUT2D eigenvalue weighted by Gasteiger charge is 2.26. The molecule has 156 valence electrons. The summed E-state index contributed by atoms with van der Waals surface area (Å²) in [6.07, 6.45) is 6.96. The van der Waals surface area contributed by atoms with E-state index in [1.807, 2.05) is 6.92 Å². The van der Waals surface area contributed by atoms with Gasteiger partial charge in [0.2, 0.25) is 15.9 Å². The summed E-state index contributed by atoms with van der Waals surface area (Å²) in [6, 6.07) is 5.75. The van der Waals surface area contributed by atoms with Crippen LogP contribution in [0, 0.1) is 0 Å². The largest absolute Gasteiger partial charge is 0.312 e. The van der Waals surface area contributed by atoms with Crippen molar-refractivity contribution in [1.29, 1.82) is 0 Å².